The third kappa shape index (κ3) is 4.28. The summed E-state index contributed by atoms with van der Waals surface area (Å²) in [5.41, 5.74) is 7.30. The molecule has 0 fully saturated rings. The Labute approximate surface area is 203 Å². The van der Waals surface area contributed by atoms with Crippen LogP contribution in [0.25, 0.3) is 11.4 Å². The zero-order chi connectivity index (χ0) is 23.7. The van der Waals surface area contributed by atoms with Crippen molar-refractivity contribution in [2.24, 2.45) is 0 Å². The molecule has 0 bridgehead atoms. The van der Waals surface area contributed by atoms with Crippen molar-refractivity contribution < 1.29 is 0 Å². The largest absolute Gasteiger partial charge is 0.360 e. The van der Waals surface area contributed by atoms with Gasteiger partial charge in [0.15, 0.2) is 0 Å². The lowest BCUT2D eigenvalue weighted by Crippen LogP contribution is -2.34. The van der Waals surface area contributed by atoms with E-state index in [0.29, 0.717) is 12.1 Å². The van der Waals surface area contributed by atoms with E-state index < -0.39 is 0 Å². The Balaban J connectivity index is 1.43. The standard InChI is InChI=1S/C30H34N4/c1-21(2)33-19-27(23-12-7-5-8-13-23)31-29(33)25-16-11-17-26(18-25)30-32-28(20-34(30)22(3)4)24-14-9-6-10-15-24/h5-22,29-32H,1-4H3. The molecule has 4 heteroatoms. The van der Waals surface area contributed by atoms with Gasteiger partial charge in [0.1, 0.15) is 12.3 Å². The Morgan fingerprint density at radius 2 is 0.971 bits per heavy atom. The average molecular weight is 451 g/mol. The maximum absolute atomic E-state index is 3.78. The van der Waals surface area contributed by atoms with E-state index in [9.17, 15) is 0 Å². The molecule has 0 aromatic heterocycles. The topological polar surface area (TPSA) is 30.5 Å². The second kappa shape index (κ2) is 9.30. The van der Waals surface area contributed by atoms with Gasteiger partial charge in [0.2, 0.25) is 0 Å². The van der Waals surface area contributed by atoms with Crippen molar-refractivity contribution >= 4 is 11.4 Å². The molecule has 0 radical (unpaired) electrons. The smallest absolute Gasteiger partial charge is 0.125 e. The molecular weight excluding hydrogens is 416 g/mol. The van der Waals surface area contributed by atoms with Gasteiger partial charge in [-0.15, -0.1) is 0 Å². The van der Waals surface area contributed by atoms with Gasteiger partial charge < -0.3 is 20.4 Å². The Kier molecular flexibility index (Phi) is 6.06. The quantitative estimate of drug-likeness (QED) is 0.461. The minimum absolute atomic E-state index is 0.102. The number of hydrogen-bond acceptors (Lipinski definition) is 4. The van der Waals surface area contributed by atoms with E-state index in [2.05, 4.69) is 145 Å². The second-order valence-electron chi connectivity index (χ2n) is 9.66. The predicted molar refractivity (Wildman–Crippen MR) is 141 cm³/mol. The third-order valence-corrected chi connectivity index (χ3v) is 6.64. The van der Waals surface area contributed by atoms with E-state index in [-0.39, 0.29) is 12.3 Å². The van der Waals surface area contributed by atoms with Gasteiger partial charge in [0, 0.05) is 24.5 Å². The molecule has 2 atom stereocenters. The molecule has 3 aromatic carbocycles. The highest BCUT2D eigenvalue weighted by Gasteiger charge is 2.31. The molecule has 2 unspecified atom stereocenters. The third-order valence-electron chi connectivity index (χ3n) is 6.64. The summed E-state index contributed by atoms with van der Waals surface area (Å²) in [5, 5.41) is 7.56. The van der Waals surface area contributed by atoms with Crippen molar-refractivity contribution in [1.82, 2.24) is 20.4 Å². The minimum Gasteiger partial charge on any atom is -0.360 e. The van der Waals surface area contributed by atoms with E-state index in [1.807, 2.05) is 0 Å². The minimum atomic E-state index is 0.102. The average Bonchev–Trinajstić information content (AvgIpc) is 3.51. The van der Waals surface area contributed by atoms with Crippen molar-refractivity contribution in [3.05, 3.63) is 120 Å². The van der Waals surface area contributed by atoms with Crippen molar-refractivity contribution in [2.75, 3.05) is 0 Å². The first kappa shape index (κ1) is 22.1. The van der Waals surface area contributed by atoms with Crippen molar-refractivity contribution in [3.63, 3.8) is 0 Å². The summed E-state index contributed by atoms with van der Waals surface area (Å²) >= 11 is 0. The van der Waals surface area contributed by atoms with E-state index in [1.165, 1.54) is 33.6 Å². The van der Waals surface area contributed by atoms with Crippen molar-refractivity contribution in [1.29, 1.82) is 0 Å². The van der Waals surface area contributed by atoms with Crippen LogP contribution >= 0.6 is 0 Å². The number of nitrogens with zero attached hydrogens (tertiary/aromatic N) is 2. The lowest BCUT2D eigenvalue weighted by atomic mass is 10.0. The fourth-order valence-corrected chi connectivity index (χ4v) is 4.82. The van der Waals surface area contributed by atoms with Gasteiger partial charge in [-0.2, -0.15) is 0 Å². The molecule has 0 saturated heterocycles. The van der Waals surface area contributed by atoms with E-state index in [4.69, 9.17) is 0 Å². The monoisotopic (exact) mass is 450 g/mol. The van der Waals surface area contributed by atoms with Crippen LogP contribution in [0, 0.1) is 0 Å². The summed E-state index contributed by atoms with van der Waals surface area (Å²) < 4.78 is 0. The SMILES string of the molecule is CC(C)N1C=C(c2ccccc2)NC1c1cccc(C2NC(c3ccccc3)=CN2C(C)C)c1. The van der Waals surface area contributed by atoms with Crippen LogP contribution in [0.3, 0.4) is 0 Å². The summed E-state index contributed by atoms with van der Waals surface area (Å²) in [5.74, 6) is 0. The molecule has 34 heavy (non-hydrogen) atoms. The van der Waals surface area contributed by atoms with Gasteiger partial charge in [-0.1, -0.05) is 78.9 Å². The van der Waals surface area contributed by atoms with Crippen LogP contribution in [-0.4, -0.2) is 21.9 Å². The highest BCUT2D eigenvalue weighted by molar-refractivity contribution is 5.67. The Hall–Kier alpha value is -3.66. The highest BCUT2D eigenvalue weighted by atomic mass is 15.3. The van der Waals surface area contributed by atoms with E-state index in [1.54, 1.807) is 0 Å². The Bertz CT molecular complexity index is 1090. The van der Waals surface area contributed by atoms with Crippen molar-refractivity contribution in [2.45, 2.75) is 52.1 Å². The van der Waals surface area contributed by atoms with Crippen LogP contribution in [0.4, 0.5) is 0 Å². The summed E-state index contributed by atoms with van der Waals surface area (Å²) in [7, 11) is 0. The Morgan fingerprint density at radius 1 is 0.559 bits per heavy atom. The van der Waals surface area contributed by atoms with E-state index >= 15 is 0 Å². The van der Waals surface area contributed by atoms with Crippen LogP contribution in [0.1, 0.15) is 62.3 Å². The fourth-order valence-electron chi connectivity index (χ4n) is 4.82. The predicted octanol–water partition coefficient (Wildman–Crippen LogP) is 6.31. The first-order valence-corrected chi connectivity index (χ1v) is 12.2. The summed E-state index contributed by atoms with van der Waals surface area (Å²) in [4.78, 5) is 4.83. The molecule has 0 aliphatic carbocycles. The van der Waals surface area contributed by atoms with Gasteiger partial charge in [0.05, 0.1) is 11.4 Å². The maximum Gasteiger partial charge on any atom is 0.125 e. The molecule has 2 aliphatic heterocycles. The highest BCUT2D eigenvalue weighted by Crippen LogP contribution is 2.35. The van der Waals surface area contributed by atoms with Crippen LogP contribution in [0.15, 0.2) is 97.3 Å². The molecule has 2 N–H and O–H groups in total. The lowest BCUT2D eigenvalue weighted by molar-refractivity contribution is 0.228. The van der Waals surface area contributed by atoms with Gasteiger partial charge in [0.25, 0.3) is 0 Å². The zero-order valence-electron chi connectivity index (χ0n) is 20.4. The van der Waals surface area contributed by atoms with Gasteiger partial charge in [-0.25, -0.2) is 0 Å². The molecule has 0 amide bonds. The van der Waals surface area contributed by atoms with Gasteiger partial charge in [-0.3, -0.25) is 0 Å². The number of benzene rings is 3. The molecule has 2 heterocycles. The van der Waals surface area contributed by atoms with E-state index in [0.717, 1.165) is 0 Å². The molecule has 5 rings (SSSR count). The molecule has 0 spiro atoms. The number of hydrogen-bond donors (Lipinski definition) is 2. The van der Waals surface area contributed by atoms with Gasteiger partial charge in [-0.05, 0) is 56.0 Å². The Morgan fingerprint density at radius 3 is 1.35 bits per heavy atom. The number of nitrogens with one attached hydrogen (secondary N) is 2. The molecule has 2 aliphatic rings. The second-order valence-corrected chi connectivity index (χ2v) is 9.66. The van der Waals surface area contributed by atoms with Crippen LogP contribution in [0.5, 0.6) is 0 Å². The lowest BCUT2D eigenvalue weighted by Gasteiger charge is -2.32. The van der Waals surface area contributed by atoms with Crippen LogP contribution in [0.2, 0.25) is 0 Å². The van der Waals surface area contributed by atoms with Crippen LogP contribution in [-0.2, 0) is 0 Å². The summed E-state index contributed by atoms with van der Waals surface area (Å²) in [6, 6.07) is 30.9. The molecular formula is C30H34N4. The first-order chi connectivity index (χ1) is 16.5. The molecule has 0 saturated carbocycles. The zero-order valence-corrected chi connectivity index (χ0v) is 20.4. The van der Waals surface area contributed by atoms with Crippen LogP contribution < -0.4 is 10.6 Å². The summed E-state index contributed by atoms with van der Waals surface area (Å²) in [6.07, 6.45) is 4.73. The summed E-state index contributed by atoms with van der Waals surface area (Å²) in [6.45, 7) is 8.99. The normalized spacial score (nSPS) is 19.8. The first-order valence-electron chi connectivity index (χ1n) is 12.2. The molecule has 4 nitrogen and oxygen atoms in total. The fraction of sp³-hybridized carbons (Fsp3) is 0.267. The van der Waals surface area contributed by atoms with Gasteiger partial charge >= 0.3 is 0 Å². The molecule has 3 aromatic rings. The maximum atomic E-state index is 3.78. The number of rotatable bonds is 6. The van der Waals surface area contributed by atoms with Crippen molar-refractivity contribution in [3.8, 4) is 0 Å². The molecule has 174 valence electrons.